The Morgan fingerprint density at radius 2 is 1.86 bits per heavy atom. The lowest BCUT2D eigenvalue weighted by Gasteiger charge is -2.09. The predicted octanol–water partition coefficient (Wildman–Crippen LogP) is 2.19. The number of rotatable bonds is 1. The number of hydrogen-bond acceptors (Lipinski definition) is 4. The van der Waals surface area contributed by atoms with E-state index in [0.717, 1.165) is 10.2 Å². The highest BCUT2D eigenvalue weighted by Gasteiger charge is 2.14. The zero-order valence-electron chi connectivity index (χ0n) is 10.6. The minimum absolute atomic E-state index is 0.153. The third kappa shape index (κ3) is 1.78. The minimum Gasteiger partial charge on any atom is -0.268 e. The molecular formula is C14H8BrN5O. The summed E-state index contributed by atoms with van der Waals surface area (Å²) in [6, 6.07) is 14.8. The van der Waals surface area contributed by atoms with Gasteiger partial charge in [-0.1, -0.05) is 39.2 Å². The van der Waals surface area contributed by atoms with E-state index in [1.807, 2.05) is 42.5 Å². The van der Waals surface area contributed by atoms with Crippen LogP contribution < -0.4 is 5.56 Å². The van der Waals surface area contributed by atoms with Crippen molar-refractivity contribution in [2.24, 2.45) is 0 Å². The predicted molar refractivity (Wildman–Crippen MR) is 81.6 cm³/mol. The van der Waals surface area contributed by atoms with Crippen molar-refractivity contribution in [3.8, 4) is 5.69 Å². The van der Waals surface area contributed by atoms with Gasteiger partial charge in [0, 0.05) is 4.47 Å². The fourth-order valence-corrected chi connectivity index (χ4v) is 2.72. The molecule has 0 aliphatic heterocycles. The number of nitrogens with zero attached hydrogens (tertiary/aromatic N) is 5. The first-order valence-electron chi connectivity index (χ1n) is 6.23. The molecule has 7 heteroatoms. The molecule has 102 valence electrons. The Kier molecular flexibility index (Phi) is 2.61. The molecule has 0 aliphatic carbocycles. The summed E-state index contributed by atoms with van der Waals surface area (Å²) < 4.78 is 3.91. The summed E-state index contributed by atoms with van der Waals surface area (Å²) in [5, 5.41) is 12.2. The molecule has 0 atom stereocenters. The number of hydrogen-bond donors (Lipinski definition) is 0. The van der Waals surface area contributed by atoms with E-state index in [0.29, 0.717) is 16.7 Å². The topological polar surface area (TPSA) is 65.1 Å². The second-order valence-electron chi connectivity index (χ2n) is 4.53. The zero-order chi connectivity index (χ0) is 14.4. The Morgan fingerprint density at radius 3 is 2.67 bits per heavy atom. The van der Waals surface area contributed by atoms with Gasteiger partial charge in [-0.15, -0.1) is 0 Å². The van der Waals surface area contributed by atoms with Crippen LogP contribution in [0.3, 0.4) is 0 Å². The molecule has 6 nitrogen and oxygen atoms in total. The Labute approximate surface area is 126 Å². The highest BCUT2D eigenvalue weighted by Crippen LogP contribution is 2.19. The Balaban J connectivity index is 2.26. The first-order chi connectivity index (χ1) is 10.3. The van der Waals surface area contributed by atoms with Gasteiger partial charge in [-0.2, -0.15) is 4.52 Å². The van der Waals surface area contributed by atoms with Crippen LogP contribution >= 0.6 is 15.9 Å². The Morgan fingerprint density at radius 1 is 1.05 bits per heavy atom. The molecular weight excluding hydrogens is 334 g/mol. The van der Waals surface area contributed by atoms with E-state index in [-0.39, 0.29) is 5.56 Å². The van der Waals surface area contributed by atoms with Gasteiger partial charge in [0.2, 0.25) is 0 Å². The minimum atomic E-state index is -0.153. The van der Waals surface area contributed by atoms with Crippen LogP contribution in [0.1, 0.15) is 0 Å². The number of halogens is 1. The largest absolute Gasteiger partial charge is 0.268 e. The van der Waals surface area contributed by atoms with Crippen LogP contribution in [0.25, 0.3) is 22.4 Å². The summed E-state index contributed by atoms with van der Waals surface area (Å²) in [5.41, 5.74) is 1.25. The fraction of sp³-hybridized carbons (Fsp3) is 0. The van der Waals surface area contributed by atoms with Crippen LogP contribution in [0.15, 0.2) is 57.8 Å². The highest BCUT2D eigenvalue weighted by atomic mass is 79.9. The van der Waals surface area contributed by atoms with Crippen LogP contribution in [-0.2, 0) is 0 Å². The molecule has 21 heavy (non-hydrogen) atoms. The Hall–Kier alpha value is -2.54. The molecule has 0 unspecified atom stereocenters. The van der Waals surface area contributed by atoms with Crippen LogP contribution in [0.4, 0.5) is 0 Å². The molecule has 0 fully saturated rings. The monoisotopic (exact) mass is 341 g/mol. The standard InChI is InChI=1S/C14H8BrN5O/c15-9-6-7-12-11(8-9)13(21)19(10-4-2-1-3-5-10)14-16-17-18-20(12)14/h1-8H. The van der Waals surface area contributed by atoms with Crippen LogP contribution in [0.5, 0.6) is 0 Å². The van der Waals surface area contributed by atoms with Gasteiger partial charge < -0.3 is 0 Å². The first-order valence-corrected chi connectivity index (χ1v) is 7.03. The molecule has 0 saturated carbocycles. The quantitative estimate of drug-likeness (QED) is 0.532. The van der Waals surface area contributed by atoms with Crippen molar-refractivity contribution in [3.63, 3.8) is 0 Å². The highest BCUT2D eigenvalue weighted by molar-refractivity contribution is 9.10. The average Bonchev–Trinajstić information content (AvgIpc) is 2.98. The van der Waals surface area contributed by atoms with Crippen LogP contribution in [0.2, 0.25) is 0 Å². The zero-order valence-corrected chi connectivity index (χ0v) is 12.2. The first kappa shape index (κ1) is 12.2. The summed E-state index contributed by atoms with van der Waals surface area (Å²) >= 11 is 3.39. The maximum atomic E-state index is 12.8. The molecule has 2 heterocycles. The van der Waals surface area contributed by atoms with E-state index in [2.05, 4.69) is 31.5 Å². The third-order valence-corrected chi connectivity index (χ3v) is 3.78. The number of aromatic nitrogens is 5. The molecule has 2 aromatic carbocycles. The van der Waals surface area contributed by atoms with Gasteiger partial charge in [-0.05, 0) is 40.8 Å². The SMILES string of the molecule is O=c1c2cc(Br)ccc2n2nnnc2n1-c1ccccc1. The number of fused-ring (bicyclic) bond motifs is 3. The van der Waals surface area contributed by atoms with Gasteiger partial charge in [0.05, 0.1) is 16.6 Å². The molecule has 0 radical (unpaired) electrons. The van der Waals surface area contributed by atoms with Gasteiger partial charge in [0.25, 0.3) is 11.3 Å². The molecule has 2 aromatic heterocycles. The summed E-state index contributed by atoms with van der Waals surface area (Å²) in [6.45, 7) is 0. The lowest BCUT2D eigenvalue weighted by atomic mass is 10.2. The van der Waals surface area contributed by atoms with Crippen molar-refractivity contribution in [1.29, 1.82) is 0 Å². The van der Waals surface area contributed by atoms with Crippen molar-refractivity contribution in [3.05, 3.63) is 63.4 Å². The summed E-state index contributed by atoms with van der Waals surface area (Å²) in [5.74, 6) is 0.390. The van der Waals surface area contributed by atoms with E-state index in [1.54, 1.807) is 10.6 Å². The number of tetrazole rings is 1. The van der Waals surface area contributed by atoms with Crippen molar-refractivity contribution >= 4 is 32.6 Å². The molecule has 4 aromatic rings. The molecule has 0 bridgehead atoms. The lowest BCUT2D eigenvalue weighted by molar-refractivity contribution is 0.836. The summed E-state index contributed by atoms with van der Waals surface area (Å²) in [7, 11) is 0. The second kappa shape index (κ2) is 4.49. The number of benzene rings is 2. The third-order valence-electron chi connectivity index (χ3n) is 3.29. The van der Waals surface area contributed by atoms with E-state index >= 15 is 0 Å². The van der Waals surface area contributed by atoms with E-state index in [9.17, 15) is 4.79 Å². The van der Waals surface area contributed by atoms with Gasteiger partial charge in [0.1, 0.15) is 0 Å². The van der Waals surface area contributed by atoms with Crippen molar-refractivity contribution < 1.29 is 0 Å². The average molecular weight is 342 g/mol. The van der Waals surface area contributed by atoms with Crippen molar-refractivity contribution in [2.45, 2.75) is 0 Å². The smallest absolute Gasteiger partial charge is 0.267 e. The van der Waals surface area contributed by atoms with E-state index in [1.165, 1.54) is 4.57 Å². The Bertz CT molecular complexity index is 1020. The maximum Gasteiger partial charge on any atom is 0.267 e. The number of para-hydroxylation sites is 1. The molecule has 4 rings (SSSR count). The molecule has 0 saturated heterocycles. The van der Waals surface area contributed by atoms with Crippen LogP contribution in [-0.4, -0.2) is 24.6 Å². The van der Waals surface area contributed by atoms with Crippen molar-refractivity contribution in [1.82, 2.24) is 24.6 Å². The van der Waals surface area contributed by atoms with Gasteiger partial charge in [-0.25, -0.2) is 4.57 Å². The maximum absolute atomic E-state index is 12.8. The second-order valence-corrected chi connectivity index (χ2v) is 5.44. The summed E-state index contributed by atoms with van der Waals surface area (Å²) in [4.78, 5) is 12.8. The van der Waals surface area contributed by atoms with Crippen molar-refractivity contribution in [2.75, 3.05) is 0 Å². The fourth-order valence-electron chi connectivity index (χ4n) is 2.36. The normalized spacial score (nSPS) is 11.3. The molecule has 0 amide bonds. The lowest BCUT2D eigenvalue weighted by Crippen LogP contribution is -2.21. The van der Waals surface area contributed by atoms with E-state index < -0.39 is 0 Å². The van der Waals surface area contributed by atoms with Gasteiger partial charge in [-0.3, -0.25) is 4.79 Å². The van der Waals surface area contributed by atoms with E-state index in [4.69, 9.17) is 0 Å². The van der Waals surface area contributed by atoms with Crippen LogP contribution in [0, 0.1) is 0 Å². The molecule has 0 aliphatic rings. The van der Waals surface area contributed by atoms with Gasteiger partial charge >= 0.3 is 0 Å². The molecule has 0 spiro atoms. The van der Waals surface area contributed by atoms with Gasteiger partial charge in [0.15, 0.2) is 0 Å². The molecule has 0 N–H and O–H groups in total. The summed E-state index contributed by atoms with van der Waals surface area (Å²) in [6.07, 6.45) is 0.